The van der Waals surface area contributed by atoms with E-state index in [0.29, 0.717) is 0 Å². The number of carbonyl (C=O) groups is 1. The molecular formula is C15H21NO2. The molecule has 0 amide bonds. The van der Waals surface area contributed by atoms with Gasteiger partial charge in [0, 0.05) is 19.0 Å². The lowest BCUT2D eigenvalue weighted by atomic mass is 10.1. The Balaban J connectivity index is 1.94. The molecule has 0 bridgehead atoms. The van der Waals surface area contributed by atoms with E-state index in [4.69, 9.17) is 4.74 Å². The second kappa shape index (κ2) is 6.01. The Morgan fingerprint density at radius 2 is 2.06 bits per heavy atom. The van der Waals surface area contributed by atoms with Crippen molar-refractivity contribution in [3.63, 3.8) is 0 Å². The summed E-state index contributed by atoms with van der Waals surface area (Å²) >= 11 is 0. The molecule has 0 heterocycles. The highest BCUT2D eigenvalue weighted by molar-refractivity contribution is 5.66. The van der Waals surface area contributed by atoms with Crippen molar-refractivity contribution in [1.29, 1.82) is 0 Å². The van der Waals surface area contributed by atoms with Gasteiger partial charge in [-0.05, 0) is 31.7 Å². The summed E-state index contributed by atoms with van der Waals surface area (Å²) in [7, 11) is 0. The summed E-state index contributed by atoms with van der Waals surface area (Å²) in [5, 5.41) is 3.57. The second-order valence-corrected chi connectivity index (χ2v) is 4.98. The van der Waals surface area contributed by atoms with Crippen molar-refractivity contribution in [1.82, 2.24) is 5.32 Å². The summed E-state index contributed by atoms with van der Waals surface area (Å²) in [6.07, 6.45) is 3.21. The fraction of sp³-hybridized carbons (Fsp3) is 0.533. The SMILES string of the molecule is CC(=O)O[C@@H]1CCC[C@H]1N[C@H](C)c1ccccc1. The summed E-state index contributed by atoms with van der Waals surface area (Å²) in [6.45, 7) is 3.63. The van der Waals surface area contributed by atoms with Crippen molar-refractivity contribution in [3.05, 3.63) is 35.9 Å². The van der Waals surface area contributed by atoms with Gasteiger partial charge in [-0.25, -0.2) is 0 Å². The van der Waals surface area contributed by atoms with Crippen LogP contribution in [-0.4, -0.2) is 18.1 Å². The molecule has 1 aliphatic carbocycles. The van der Waals surface area contributed by atoms with Crippen molar-refractivity contribution in [3.8, 4) is 0 Å². The van der Waals surface area contributed by atoms with Crippen LogP contribution in [0.25, 0.3) is 0 Å². The van der Waals surface area contributed by atoms with E-state index in [9.17, 15) is 4.79 Å². The van der Waals surface area contributed by atoms with Crippen LogP contribution in [0.1, 0.15) is 44.7 Å². The molecule has 1 fully saturated rings. The number of carbonyl (C=O) groups excluding carboxylic acids is 1. The lowest BCUT2D eigenvalue weighted by Crippen LogP contribution is -2.39. The van der Waals surface area contributed by atoms with Crippen LogP contribution in [0.15, 0.2) is 30.3 Å². The number of esters is 1. The van der Waals surface area contributed by atoms with Crippen LogP contribution in [0.4, 0.5) is 0 Å². The minimum Gasteiger partial charge on any atom is -0.461 e. The number of rotatable bonds is 4. The Bertz CT molecular complexity index is 391. The summed E-state index contributed by atoms with van der Waals surface area (Å²) in [5.74, 6) is -0.180. The van der Waals surface area contributed by atoms with Crippen molar-refractivity contribution in [2.45, 2.75) is 51.3 Å². The van der Waals surface area contributed by atoms with Gasteiger partial charge >= 0.3 is 5.97 Å². The highest BCUT2D eigenvalue weighted by Crippen LogP contribution is 2.25. The van der Waals surface area contributed by atoms with Crippen LogP contribution in [0.3, 0.4) is 0 Å². The molecule has 1 aliphatic rings. The maximum atomic E-state index is 11.1. The molecule has 1 saturated carbocycles. The zero-order valence-electron chi connectivity index (χ0n) is 11.1. The lowest BCUT2D eigenvalue weighted by molar-refractivity contribution is -0.147. The molecule has 0 spiro atoms. The largest absolute Gasteiger partial charge is 0.461 e. The van der Waals surface area contributed by atoms with Crippen LogP contribution in [0.2, 0.25) is 0 Å². The molecule has 1 N–H and O–H groups in total. The van der Waals surface area contributed by atoms with Crippen LogP contribution in [0, 0.1) is 0 Å². The van der Waals surface area contributed by atoms with Crippen LogP contribution in [-0.2, 0) is 9.53 Å². The zero-order valence-corrected chi connectivity index (χ0v) is 11.1. The molecule has 0 aliphatic heterocycles. The molecule has 0 radical (unpaired) electrons. The van der Waals surface area contributed by atoms with Gasteiger partial charge in [0.15, 0.2) is 0 Å². The fourth-order valence-electron chi connectivity index (χ4n) is 2.63. The first-order valence-electron chi connectivity index (χ1n) is 6.65. The second-order valence-electron chi connectivity index (χ2n) is 4.98. The van der Waals surface area contributed by atoms with Gasteiger partial charge in [-0.1, -0.05) is 30.3 Å². The van der Waals surface area contributed by atoms with E-state index < -0.39 is 0 Å². The van der Waals surface area contributed by atoms with Crippen LogP contribution < -0.4 is 5.32 Å². The van der Waals surface area contributed by atoms with E-state index in [1.165, 1.54) is 12.5 Å². The molecular weight excluding hydrogens is 226 g/mol. The van der Waals surface area contributed by atoms with Crippen molar-refractivity contribution in [2.24, 2.45) is 0 Å². The monoisotopic (exact) mass is 247 g/mol. The Kier molecular flexibility index (Phi) is 4.37. The van der Waals surface area contributed by atoms with Gasteiger partial charge in [-0.15, -0.1) is 0 Å². The summed E-state index contributed by atoms with van der Waals surface area (Å²) in [4.78, 5) is 11.1. The van der Waals surface area contributed by atoms with E-state index in [-0.39, 0.29) is 24.2 Å². The number of nitrogens with one attached hydrogen (secondary N) is 1. The Labute approximate surface area is 109 Å². The molecule has 1 aromatic rings. The standard InChI is InChI=1S/C15H21NO2/c1-11(13-7-4-3-5-8-13)16-14-9-6-10-15(14)18-12(2)17/h3-5,7-8,11,14-16H,6,9-10H2,1-2H3/t11-,14-,15-/m1/s1. The van der Waals surface area contributed by atoms with E-state index >= 15 is 0 Å². The molecule has 0 saturated heterocycles. The van der Waals surface area contributed by atoms with Gasteiger partial charge in [0.2, 0.25) is 0 Å². The molecule has 2 rings (SSSR count). The average molecular weight is 247 g/mol. The highest BCUT2D eigenvalue weighted by atomic mass is 16.5. The van der Waals surface area contributed by atoms with Crippen molar-refractivity contribution in [2.75, 3.05) is 0 Å². The van der Waals surface area contributed by atoms with E-state index in [2.05, 4.69) is 24.4 Å². The van der Waals surface area contributed by atoms with Crippen molar-refractivity contribution < 1.29 is 9.53 Å². The molecule has 0 aromatic heterocycles. The molecule has 3 atom stereocenters. The van der Waals surface area contributed by atoms with E-state index in [1.807, 2.05) is 18.2 Å². The minimum atomic E-state index is -0.180. The fourth-order valence-corrected chi connectivity index (χ4v) is 2.63. The molecule has 98 valence electrons. The first-order chi connectivity index (χ1) is 8.66. The first kappa shape index (κ1) is 13.1. The zero-order chi connectivity index (χ0) is 13.0. The predicted molar refractivity (Wildman–Crippen MR) is 71.2 cm³/mol. The lowest BCUT2D eigenvalue weighted by Gasteiger charge is -2.25. The maximum Gasteiger partial charge on any atom is 0.302 e. The molecule has 18 heavy (non-hydrogen) atoms. The molecule has 3 nitrogen and oxygen atoms in total. The summed E-state index contributed by atoms with van der Waals surface area (Å²) in [5.41, 5.74) is 1.27. The molecule has 0 unspecified atom stereocenters. The summed E-state index contributed by atoms with van der Waals surface area (Å²) < 4.78 is 5.36. The third kappa shape index (κ3) is 3.33. The van der Waals surface area contributed by atoms with Gasteiger partial charge < -0.3 is 10.1 Å². The third-order valence-electron chi connectivity index (χ3n) is 3.53. The smallest absolute Gasteiger partial charge is 0.302 e. The van der Waals surface area contributed by atoms with E-state index in [0.717, 1.165) is 19.3 Å². The van der Waals surface area contributed by atoms with Crippen LogP contribution in [0.5, 0.6) is 0 Å². The topological polar surface area (TPSA) is 38.3 Å². The Hall–Kier alpha value is -1.35. The van der Waals surface area contributed by atoms with Crippen molar-refractivity contribution >= 4 is 5.97 Å². The van der Waals surface area contributed by atoms with Gasteiger partial charge in [-0.3, -0.25) is 4.79 Å². The number of hydrogen-bond acceptors (Lipinski definition) is 3. The Morgan fingerprint density at radius 3 is 2.72 bits per heavy atom. The van der Waals surface area contributed by atoms with Gasteiger partial charge in [0.05, 0.1) is 0 Å². The molecule has 3 heteroatoms. The maximum absolute atomic E-state index is 11.1. The number of ether oxygens (including phenoxy) is 1. The van der Waals surface area contributed by atoms with Crippen LogP contribution >= 0.6 is 0 Å². The average Bonchev–Trinajstić information content (AvgIpc) is 2.77. The summed E-state index contributed by atoms with van der Waals surface area (Å²) in [6, 6.07) is 10.9. The van der Waals surface area contributed by atoms with E-state index in [1.54, 1.807) is 0 Å². The highest BCUT2D eigenvalue weighted by Gasteiger charge is 2.30. The predicted octanol–water partition coefficient (Wildman–Crippen LogP) is 2.82. The normalized spacial score (nSPS) is 24.8. The minimum absolute atomic E-state index is 0.0358. The van der Waals surface area contributed by atoms with Gasteiger partial charge in [0.1, 0.15) is 6.10 Å². The number of hydrogen-bond donors (Lipinski definition) is 1. The first-order valence-corrected chi connectivity index (χ1v) is 6.65. The Morgan fingerprint density at radius 1 is 1.33 bits per heavy atom. The number of benzene rings is 1. The van der Waals surface area contributed by atoms with Gasteiger partial charge in [0.25, 0.3) is 0 Å². The quantitative estimate of drug-likeness (QED) is 0.831. The molecule has 1 aromatic carbocycles. The third-order valence-corrected chi connectivity index (χ3v) is 3.53. The van der Waals surface area contributed by atoms with Gasteiger partial charge in [-0.2, -0.15) is 0 Å².